The number of Topliss-reactive ketones (excluding diaryl/α,β-unsaturated/α-hetero) is 1. The highest BCUT2D eigenvalue weighted by Gasteiger charge is 2.43. The average molecular weight is 534 g/mol. The first kappa shape index (κ1) is 26.9. The van der Waals surface area contributed by atoms with Gasteiger partial charge in [-0.3, -0.25) is 9.59 Å². The van der Waals surface area contributed by atoms with Crippen LogP contribution in [0.4, 0.5) is 11.4 Å². The maximum atomic E-state index is 14.0. The van der Waals surface area contributed by atoms with Crippen LogP contribution in [0.1, 0.15) is 64.0 Å². The van der Waals surface area contributed by atoms with Gasteiger partial charge in [0, 0.05) is 29.3 Å². The molecule has 1 aliphatic heterocycles. The molecule has 0 saturated heterocycles. The second-order valence-electron chi connectivity index (χ2n) is 11.5. The van der Waals surface area contributed by atoms with Crippen molar-refractivity contribution in [3.63, 3.8) is 0 Å². The van der Waals surface area contributed by atoms with Crippen LogP contribution in [-0.2, 0) is 9.59 Å². The summed E-state index contributed by atoms with van der Waals surface area (Å²) in [7, 11) is 4.73. The van der Waals surface area contributed by atoms with Crippen LogP contribution >= 0.6 is 0 Å². The van der Waals surface area contributed by atoms with E-state index in [-0.39, 0.29) is 29.7 Å². The molecule has 3 aliphatic rings. The zero-order valence-corrected chi connectivity index (χ0v) is 23.6. The van der Waals surface area contributed by atoms with Crippen molar-refractivity contribution in [1.29, 1.82) is 0 Å². The van der Waals surface area contributed by atoms with Gasteiger partial charge in [-0.25, -0.2) is 0 Å². The van der Waals surface area contributed by atoms with Gasteiger partial charge in [0.1, 0.15) is 0 Å². The number of hydrogen-bond donors (Lipinski definition) is 2. The standard InChI is InChI=1S/C31H39N3O5/c1-31(2)16-22-27(24(35)17-31)28(20-14-15-25(37-3)30(39-5)29(20)38-4)34(23-13-9-8-12-21(23)33-22)18-26(36)32-19-10-6-7-11-19/h8-9,12-15,19,28,33H,6-7,10-11,16-18H2,1-5H3,(H,32,36). The summed E-state index contributed by atoms with van der Waals surface area (Å²) in [6.45, 7) is 4.32. The van der Waals surface area contributed by atoms with Crippen molar-refractivity contribution >= 4 is 23.1 Å². The number of benzene rings is 2. The number of ketones is 1. The molecule has 0 bridgehead atoms. The molecule has 1 amide bonds. The molecular formula is C31H39N3O5. The summed E-state index contributed by atoms with van der Waals surface area (Å²) in [4.78, 5) is 29.6. The van der Waals surface area contributed by atoms with Gasteiger partial charge < -0.3 is 29.7 Å². The van der Waals surface area contributed by atoms with Crippen LogP contribution in [0.25, 0.3) is 0 Å². The topological polar surface area (TPSA) is 89.1 Å². The number of ether oxygens (including phenoxy) is 3. The van der Waals surface area contributed by atoms with Crippen molar-refractivity contribution in [1.82, 2.24) is 5.32 Å². The molecule has 8 nitrogen and oxygen atoms in total. The zero-order valence-electron chi connectivity index (χ0n) is 23.6. The minimum absolute atomic E-state index is 0.0598. The molecule has 208 valence electrons. The Labute approximate surface area is 230 Å². The Bertz CT molecular complexity index is 1300. The molecule has 2 aromatic carbocycles. The normalized spacial score (nSPS) is 20.5. The fourth-order valence-electron chi connectivity index (χ4n) is 6.39. The average Bonchev–Trinajstić information content (AvgIpc) is 3.37. The third-order valence-corrected chi connectivity index (χ3v) is 8.07. The summed E-state index contributed by atoms with van der Waals surface area (Å²) < 4.78 is 17.2. The molecule has 0 spiro atoms. The first-order chi connectivity index (χ1) is 18.8. The lowest BCUT2D eigenvalue weighted by atomic mass is 9.73. The number of amides is 1. The fraction of sp³-hybridized carbons (Fsp3) is 0.484. The molecule has 2 aliphatic carbocycles. The minimum Gasteiger partial charge on any atom is -0.493 e. The van der Waals surface area contributed by atoms with Crippen molar-refractivity contribution in [2.24, 2.45) is 5.41 Å². The first-order valence-corrected chi connectivity index (χ1v) is 13.7. The van der Waals surface area contributed by atoms with Gasteiger partial charge >= 0.3 is 0 Å². The molecular weight excluding hydrogens is 494 g/mol. The number of anilines is 2. The SMILES string of the molecule is COc1ccc(C2C3=C(CC(C)(C)CC3=O)Nc3ccccc3N2CC(=O)NC2CCCC2)c(OC)c1OC. The molecule has 1 unspecified atom stereocenters. The van der Waals surface area contributed by atoms with Crippen LogP contribution in [-0.4, -0.2) is 45.6 Å². The van der Waals surface area contributed by atoms with Crippen LogP contribution < -0.4 is 29.7 Å². The number of rotatable bonds is 7. The van der Waals surface area contributed by atoms with Gasteiger partial charge in [0.2, 0.25) is 11.7 Å². The Morgan fingerprint density at radius 2 is 1.72 bits per heavy atom. The largest absolute Gasteiger partial charge is 0.493 e. The predicted octanol–water partition coefficient (Wildman–Crippen LogP) is 5.39. The van der Waals surface area contributed by atoms with E-state index in [0.717, 1.165) is 48.3 Å². The summed E-state index contributed by atoms with van der Waals surface area (Å²) in [5.74, 6) is 1.45. The Kier molecular flexibility index (Phi) is 7.47. The number of para-hydroxylation sites is 2. The molecule has 39 heavy (non-hydrogen) atoms. The quantitative estimate of drug-likeness (QED) is 0.493. The molecule has 1 saturated carbocycles. The highest BCUT2D eigenvalue weighted by molar-refractivity contribution is 6.02. The van der Waals surface area contributed by atoms with Gasteiger partial charge in [0.05, 0.1) is 45.3 Å². The monoisotopic (exact) mass is 533 g/mol. The van der Waals surface area contributed by atoms with Gasteiger partial charge in [-0.05, 0) is 48.9 Å². The minimum atomic E-state index is -0.580. The second-order valence-corrected chi connectivity index (χ2v) is 11.5. The van der Waals surface area contributed by atoms with E-state index in [2.05, 4.69) is 24.5 Å². The van der Waals surface area contributed by atoms with Crippen LogP contribution in [0.2, 0.25) is 0 Å². The van der Waals surface area contributed by atoms with Crippen LogP contribution in [0.15, 0.2) is 47.7 Å². The molecule has 2 aromatic rings. The lowest BCUT2D eigenvalue weighted by molar-refractivity contribution is -0.121. The number of nitrogens with one attached hydrogen (secondary N) is 2. The molecule has 1 fully saturated rings. The van der Waals surface area contributed by atoms with Crippen molar-refractivity contribution < 1.29 is 23.8 Å². The Balaban J connectivity index is 1.72. The molecule has 5 rings (SSSR count). The highest BCUT2D eigenvalue weighted by atomic mass is 16.5. The van der Waals surface area contributed by atoms with E-state index < -0.39 is 6.04 Å². The maximum absolute atomic E-state index is 14.0. The van der Waals surface area contributed by atoms with E-state index in [9.17, 15) is 9.59 Å². The van der Waals surface area contributed by atoms with Crippen molar-refractivity contribution in [3.8, 4) is 17.2 Å². The Hall–Kier alpha value is -3.68. The van der Waals surface area contributed by atoms with Crippen LogP contribution in [0.5, 0.6) is 17.2 Å². The molecule has 0 aromatic heterocycles. The van der Waals surface area contributed by atoms with E-state index in [1.807, 2.05) is 41.3 Å². The van der Waals surface area contributed by atoms with Gasteiger partial charge in [-0.1, -0.05) is 38.8 Å². The summed E-state index contributed by atoms with van der Waals surface area (Å²) in [5, 5.41) is 6.84. The predicted molar refractivity (Wildman–Crippen MR) is 152 cm³/mol. The van der Waals surface area contributed by atoms with Gasteiger partial charge in [-0.15, -0.1) is 0 Å². The van der Waals surface area contributed by atoms with Crippen LogP contribution in [0, 0.1) is 5.41 Å². The van der Waals surface area contributed by atoms with E-state index in [1.54, 1.807) is 21.3 Å². The number of methoxy groups -OCH3 is 3. The van der Waals surface area contributed by atoms with Crippen molar-refractivity contribution in [2.45, 2.75) is 64.5 Å². The Morgan fingerprint density at radius 3 is 2.41 bits per heavy atom. The highest BCUT2D eigenvalue weighted by Crippen LogP contribution is 2.52. The summed E-state index contributed by atoms with van der Waals surface area (Å²) in [6.07, 6.45) is 5.38. The third kappa shape index (κ3) is 5.16. The maximum Gasteiger partial charge on any atom is 0.239 e. The summed E-state index contributed by atoms with van der Waals surface area (Å²) in [5.41, 5.74) is 3.79. The first-order valence-electron chi connectivity index (χ1n) is 13.7. The number of allylic oxidation sites excluding steroid dienone is 1. The zero-order chi connectivity index (χ0) is 27.7. The van der Waals surface area contributed by atoms with Gasteiger partial charge in [0.25, 0.3) is 0 Å². The van der Waals surface area contributed by atoms with Crippen molar-refractivity contribution in [2.75, 3.05) is 38.1 Å². The number of carbonyl (C=O) groups excluding carboxylic acids is 2. The number of fused-ring (bicyclic) bond motifs is 1. The third-order valence-electron chi connectivity index (χ3n) is 8.07. The molecule has 1 heterocycles. The van der Waals surface area contributed by atoms with E-state index in [4.69, 9.17) is 14.2 Å². The van der Waals surface area contributed by atoms with E-state index in [1.165, 1.54) is 0 Å². The van der Waals surface area contributed by atoms with Gasteiger partial charge in [0.15, 0.2) is 17.3 Å². The lowest BCUT2D eigenvalue weighted by Crippen LogP contribution is -2.44. The second kappa shape index (κ2) is 10.8. The van der Waals surface area contributed by atoms with Crippen molar-refractivity contribution in [3.05, 3.63) is 53.2 Å². The van der Waals surface area contributed by atoms with E-state index >= 15 is 0 Å². The molecule has 0 radical (unpaired) electrons. The summed E-state index contributed by atoms with van der Waals surface area (Å²) in [6, 6.07) is 11.3. The molecule has 2 N–H and O–H groups in total. The molecule has 1 atom stereocenters. The van der Waals surface area contributed by atoms with Gasteiger partial charge in [-0.2, -0.15) is 0 Å². The van der Waals surface area contributed by atoms with Crippen LogP contribution in [0.3, 0.4) is 0 Å². The number of carbonyl (C=O) groups is 2. The number of hydrogen-bond acceptors (Lipinski definition) is 7. The smallest absolute Gasteiger partial charge is 0.239 e. The fourth-order valence-corrected chi connectivity index (χ4v) is 6.39. The number of nitrogens with zero attached hydrogens (tertiary/aromatic N) is 1. The lowest BCUT2D eigenvalue weighted by Gasteiger charge is -2.38. The molecule has 8 heteroatoms. The Morgan fingerprint density at radius 1 is 1.00 bits per heavy atom. The van der Waals surface area contributed by atoms with E-state index in [0.29, 0.717) is 35.7 Å². The summed E-state index contributed by atoms with van der Waals surface area (Å²) >= 11 is 0.